The molecule has 0 fully saturated rings. The minimum atomic E-state index is -1.05. The smallest absolute Gasteiger partial charge is 0.314 e. The number of hydrogen-bond donors (Lipinski definition) is 1. The first kappa shape index (κ1) is 23.4. The third-order valence-electron chi connectivity index (χ3n) is 4.48. The molecule has 24 heavy (non-hydrogen) atoms. The molecule has 4 nitrogen and oxygen atoms in total. The van der Waals surface area contributed by atoms with Gasteiger partial charge in [0, 0.05) is 12.8 Å². The number of carbonyl (C=O) groups is 2. The fourth-order valence-electron chi connectivity index (χ4n) is 2.66. The minimum absolute atomic E-state index is 0.176. The lowest BCUT2D eigenvalue weighted by Gasteiger charge is -2.30. The van der Waals surface area contributed by atoms with Crippen LogP contribution in [0.15, 0.2) is 0 Å². The first-order chi connectivity index (χ1) is 11.2. The number of rotatable bonds is 15. The Bertz CT molecular complexity index is 366. The second-order valence-electron chi connectivity index (χ2n) is 7.72. The van der Waals surface area contributed by atoms with Crippen molar-refractivity contribution in [3.05, 3.63) is 0 Å². The zero-order chi connectivity index (χ0) is 18.6. The van der Waals surface area contributed by atoms with E-state index in [1.165, 1.54) is 38.5 Å². The van der Waals surface area contributed by atoms with Crippen LogP contribution >= 0.6 is 11.6 Å². The Balaban J connectivity index is 3.99. The molecule has 0 heterocycles. The average molecular weight is 363 g/mol. The van der Waals surface area contributed by atoms with Gasteiger partial charge in [0.05, 0.1) is 21.1 Å². The molecule has 0 aliphatic rings. The number of quaternary nitrogens is 1. The number of Topliss-reactive ketones (excluding diaryl/α,β-unsaturated/α-hetero) is 1. The van der Waals surface area contributed by atoms with E-state index in [-0.39, 0.29) is 17.7 Å². The molecule has 0 aromatic heterocycles. The van der Waals surface area contributed by atoms with Crippen molar-refractivity contribution in [1.82, 2.24) is 0 Å². The molecule has 0 rings (SSSR count). The van der Waals surface area contributed by atoms with Gasteiger partial charge in [0.15, 0.2) is 5.50 Å². The molecule has 0 aliphatic carbocycles. The Morgan fingerprint density at radius 2 is 1.38 bits per heavy atom. The topological polar surface area (TPSA) is 54.4 Å². The minimum Gasteiger partial charge on any atom is -0.481 e. The van der Waals surface area contributed by atoms with Crippen LogP contribution in [0.5, 0.6) is 0 Å². The normalized spacial score (nSPS) is 14.4. The molecule has 0 radical (unpaired) electrons. The van der Waals surface area contributed by atoms with Crippen molar-refractivity contribution in [2.24, 2.45) is 5.92 Å². The van der Waals surface area contributed by atoms with Crippen molar-refractivity contribution in [3.63, 3.8) is 0 Å². The molecule has 142 valence electrons. The molecule has 5 heteroatoms. The molecule has 0 bridgehead atoms. The molecule has 0 unspecified atom stereocenters. The monoisotopic (exact) mass is 362 g/mol. The third kappa shape index (κ3) is 11.0. The number of alkyl halides is 1. The third-order valence-corrected chi connectivity index (χ3v) is 5.25. The van der Waals surface area contributed by atoms with E-state index in [1.54, 1.807) is 0 Å². The average Bonchev–Trinajstić information content (AvgIpc) is 2.49. The van der Waals surface area contributed by atoms with Crippen molar-refractivity contribution in [2.45, 2.75) is 83.1 Å². The van der Waals surface area contributed by atoms with E-state index in [4.69, 9.17) is 11.6 Å². The second-order valence-corrected chi connectivity index (χ2v) is 8.23. The van der Waals surface area contributed by atoms with Crippen LogP contribution in [0.2, 0.25) is 0 Å². The van der Waals surface area contributed by atoms with Crippen LogP contribution in [0, 0.1) is 5.92 Å². The zero-order valence-electron chi connectivity index (χ0n) is 16.0. The van der Waals surface area contributed by atoms with E-state index in [0.29, 0.717) is 10.9 Å². The molecular formula is C19H37ClNO3+. The Hall–Kier alpha value is -0.610. The summed E-state index contributed by atoms with van der Waals surface area (Å²) in [6, 6.07) is 0. The van der Waals surface area contributed by atoms with Crippen molar-refractivity contribution in [3.8, 4) is 0 Å². The van der Waals surface area contributed by atoms with Crippen LogP contribution < -0.4 is 0 Å². The number of ketones is 1. The van der Waals surface area contributed by atoms with Crippen LogP contribution in [0.25, 0.3) is 0 Å². The maximum Gasteiger partial charge on any atom is 0.314 e. The molecule has 0 saturated heterocycles. The summed E-state index contributed by atoms with van der Waals surface area (Å²) in [5.74, 6) is -2.20. The van der Waals surface area contributed by atoms with Gasteiger partial charge in [0.2, 0.25) is 0 Å². The summed E-state index contributed by atoms with van der Waals surface area (Å²) in [4.78, 5) is 23.6. The number of carbonyl (C=O) groups excluding carboxylic acids is 1. The van der Waals surface area contributed by atoms with Gasteiger partial charge in [-0.2, -0.15) is 0 Å². The highest BCUT2D eigenvalue weighted by Crippen LogP contribution is 2.21. The summed E-state index contributed by atoms with van der Waals surface area (Å²) in [5.41, 5.74) is -0.377. The Kier molecular flexibility index (Phi) is 12.4. The largest absolute Gasteiger partial charge is 0.481 e. The summed E-state index contributed by atoms with van der Waals surface area (Å²) in [7, 11) is 5.71. The number of carboxylic acid groups (broad SMARTS) is 1. The van der Waals surface area contributed by atoms with Crippen molar-refractivity contribution in [2.75, 3.05) is 21.1 Å². The summed E-state index contributed by atoms with van der Waals surface area (Å²) in [5, 5.41) is 9.32. The number of carboxylic acids is 1. The molecule has 0 spiro atoms. The van der Waals surface area contributed by atoms with Crippen molar-refractivity contribution in [1.29, 1.82) is 0 Å². The van der Waals surface area contributed by atoms with Gasteiger partial charge in [0.1, 0.15) is 11.7 Å². The van der Waals surface area contributed by atoms with Gasteiger partial charge in [-0.25, -0.2) is 0 Å². The maximum atomic E-state index is 12.2. The van der Waals surface area contributed by atoms with E-state index in [1.807, 2.05) is 21.1 Å². The van der Waals surface area contributed by atoms with Crippen LogP contribution in [-0.4, -0.2) is 48.0 Å². The highest BCUT2D eigenvalue weighted by molar-refractivity contribution is 6.20. The van der Waals surface area contributed by atoms with Gasteiger partial charge in [-0.1, -0.05) is 69.9 Å². The number of hydrogen-bond acceptors (Lipinski definition) is 2. The van der Waals surface area contributed by atoms with Crippen LogP contribution in [0.3, 0.4) is 0 Å². The highest BCUT2D eigenvalue weighted by atomic mass is 35.5. The Morgan fingerprint density at radius 3 is 1.79 bits per heavy atom. The molecular weight excluding hydrogens is 326 g/mol. The molecule has 0 aromatic carbocycles. The van der Waals surface area contributed by atoms with Gasteiger partial charge in [0.25, 0.3) is 0 Å². The lowest BCUT2D eigenvalue weighted by Crippen LogP contribution is -2.44. The van der Waals surface area contributed by atoms with E-state index in [0.717, 1.165) is 19.3 Å². The molecule has 1 N–H and O–H groups in total. The van der Waals surface area contributed by atoms with Crippen molar-refractivity contribution < 1.29 is 19.2 Å². The van der Waals surface area contributed by atoms with Gasteiger partial charge in [-0.3, -0.25) is 9.59 Å². The molecule has 0 aliphatic heterocycles. The van der Waals surface area contributed by atoms with E-state index < -0.39 is 11.9 Å². The lowest BCUT2D eigenvalue weighted by atomic mass is 9.95. The highest BCUT2D eigenvalue weighted by Gasteiger charge is 2.33. The second kappa shape index (κ2) is 12.7. The number of unbranched alkanes of at least 4 members (excludes halogenated alkanes) is 8. The SMILES string of the molecule is CCCCCCCCCCCC(=O)[C@@H](C[C@@H](Cl)[N+](C)(C)C)C(=O)O. The van der Waals surface area contributed by atoms with E-state index in [2.05, 4.69) is 6.92 Å². The molecule has 0 amide bonds. The lowest BCUT2D eigenvalue weighted by molar-refractivity contribution is -0.883. The predicted molar refractivity (Wildman–Crippen MR) is 100 cm³/mol. The number of nitrogens with zero attached hydrogens (tertiary/aromatic N) is 1. The van der Waals surface area contributed by atoms with Gasteiger partial charge in [-0.05, 0) is 6.42 Å². The maximum absolute atomic E-state index is 12.2. The van der Waals surface area contributed by atoms with Gasteiger partial charge >= 0.3 is 5.97 Å². The summed E-state index contributed by atoms with van der Waals surface area (Å²) in [6.07, 6.45) is 11.2. The fourth-order valence-corrected chi connectivity index (χ4v) is 2.84. The molecule has 0 saturated carbocycles. The van der Waals surface area contributed by atoms with Crippen molar-refractivity contribution >= 4 is 23.4 Å². The van der Waals surface area contributed by atoms with Gasteiger partial charge in [-0.15, -0.1) is 0 Å². The zero-order valence-corrected chi connectivity index (χ0v) is 16.8. The number of halogens is 1. The fraction of sp³-hybridized carbons (Fsp3) is 0.895. The first-order valence-electron chi connectivity index (χ1n) is 9.40. The molecule has 2 atom stereocenters. The van der Waals surface area contributed by atoms with E-state index >= 15 is 0 Å². The predicted octanol–water partition coefficient (Wildman–Crippen LogP) is 4.84. The van der Waals surface area contributed by atoms with Crippen LogP contribution in [0.1, 0.15) is 77.6 Å². The van der Waals surface area contributed by atoms with Gasteiger partial charge < -0.3 is 9.59 Å². The van der Waals surface area contributed by atoms with E-state index in [9.17, 15) is 14.7 Å². The first-order valence-corrected chi connectivity index (χ1v) is 9.84. The summed E-state index contributed by atoms with van der Waals surface area (Å²) >= 11 is 6.25. The number of aliphatic carboxylic acids is 1. The Morgan fingerprint density at radius 1 is 0.917 bits per heavy atom. The van der Waals surface area contributed by atoms with Crippen LogP contribution in [-0.2, 0) is 9.59 Å². The standard InChI is InChI=1S/C19H36ClNO3/c1-5-6-7-8-9-10-11-12-13-14-17(22)16(19(23)24)15-18(20)21(2,3)4/h16,18H,5-15H2,1-4H3/p+1/t16-,18+/m1/s1. The molecule has 0 aromatic rings. The van der Waals surface area contributed by atoms with Crippen LogP contribution in [0.4, 0.5) is 0 Å². The Labute approximate surface area is 153 Å². The summed E-state index contributed by atoms with van der Waals surface area (Å²) < 4.78 is 0.441. The summed E-state index contributed by atoms with van der Waals surface area (Å²) in [6.45, 7) is 2.22. The quantitative estimate of drug-likeness (QED) is 0.149.